The molecule has 0 saturated carbocycles. The van der Waals surface area contributed by atoms with E-state index in [-0.39, 0.29) is 0 Å². The number of hydrogen-bond acceptors (Lipinski definition) is 4. The Labute approximate surface area is 125 Å². The number of aromatic nitrogens is 1. The zero-order chi connectivity index (χ0) is 14.4. The fourth-order valence-corrected chi connectivity index (χ4v) is 2.39. The fourth-order valence-electron chi connectivity index (χ4n) is 1.46. The van der Waals surface area contributed by atoms with Crippen molar-refractivity contribution in [1.29, 1.82) is 0 Å². The molecule has 104 valence electrons. The van der Waals surface area contributed by atoms with Crippen LogP contribution in [-0.4, -0.2) is 22.7 Å². The monoisotopic (exact) mass is 309 g/mol. The lowest BCUT2D eigenvalue weighted by molar-refractivity contribution is -0.131. The van der Waals surface area contributed by atoms with Gasteiger partial charge in [-0.25, -0.2) is 9.78 Å². The van der Waals surface area contributed by atoms with Crippen molar-refractivity contribution in [1.82, 2.24) is 4.98 Å². The van der Waals surface area contributed by atoms with E-state index >= 15 is 0 Å². The maximum absolute atomic E-state index is 10.4. The molecule has 2 rings (SSSR count). The first-order valence-corrected chi connectivity index (χ1v) is 7.07. The summed E-state index contributed by atoms with van der Waals surface area (Å²) in [6.07, 6.45) is 4.96. The lowest BCUT2D eigenvalue weighted by Crippen LogP contribution is -2.00. The number of nitrogens with zero attached hydrogens (tertiary/aromatic N) is 1. The van der Waals surface area contributed by atoms with Gasteiger partial charge in [-0.3, -0.25) is 0 Å². The molecule has 0 aliphatic rings. The van der Waals surface area contributed by atoms with Gasteiger partial charge in [0.05, 0.1) is 11.6 Å². The summed E-state index contributed by atoms with van der Waals surface area (Å²) in [6, 6.07) is 7.17. The number of halogens is 1. The summed E-state index contributed by atoms with van der Waals surface area (Å²) in [4.78, 5) is 15.4. The molecule has 20 heavy (non-hydrogen) atoms. The van der Waals surface area contributed by atoms with Crippen molar-refractivity contribution in [3.8, 4) is 5.75 Å². The zero-order valence-electron chi connectivity index (χ0n) is 10.5. The first kappa shape index (κ1) is 14.6. The van der Waals surface area contributed by atoms with Crippen LogP contribution in [0.1, 0.15) is 9.88 Å². The van der Waals surface area contributed by atoms with Crippen LogP contribution in [0, 0.1) is 0 Å². The predicted octanol–water partition coefficient (Wildman–Crippen LogP) is 3.52. The molecule has 0 amide bonds. The van der Waals surface area contributed by atoms with Crippen LogP contribution < -0.4 is 4.74 Å². The molecule has 0 atom stereocenters. The van der Waals surface area contributed by atoms with E-state index in [1.807, 2.05) is 12.1 Å². The molecule has 0 bridgehead atoms. The van der Waals surface area contributed by atoms with Gasteiger partial charge in [0, 0.05) is 28.6 Å². The molecule has 1 N–H and O–H groups in total. The maximum atomic E-state index is 10.4. The van der Waals surface area contributed by atoms with Crippen LogP contribution >= 0.6 is 22.9 Å². The molecule has 0 aliphatic carbocycles. The van der Waals surface area contributed by atoms with Crippen LogP contribution in [0.2, 0.25) is 5.02 Å². The predicted molar refractivity (Wildman–Crippen MR) is 79.4 cm³/mol. The smallest absolute Gasteiger partial charge is 0.328 e. The number of aliphatic carboxylic acids is 1. The molecule has 0 spiro atoms. The van der Waals surface area contributed by atoms with Gasteiger partial charge in [0.2, 0.25) is 0 Å². The Kier molecular flexibility index (Phi) is 5.15. The zero-order valence-corrected chi connectivity index (χ0v) is 12.0. The Hall–Kier alpha value is -1.85. The molecular weight excluding hydrogens is 298 g/mol. The molecule has 0 aliphatic heterocycles. The molecule has 1 aromatic heterocycles. The van der Waals surface area contributed by atoms with E-state index in [9.17, 15) is 4.79 Å². The number of rotatable bonds is 6. The summed E-state index contributed by atoms with van der Waals surface area (Å²) in [5, 5.41) is 10.1. The summed E-state index contributed by atoms with van der Waals surface area (Å²) in [5.41, 5.74) is 0. The summed E-state index contributed by atoms with van der Waals surface area (Å²) in [6.45, 7) is 0.511. The van der Waals surface area contributed by atoms with E-state index in [0.717, 1.165) is 21.7 Å². The molecule has 2 aromatic rings. The highest BCUT2D eigenvalue weighted by atomic mass is 35.5. The minimum Gasteiger partial charge on any atom is -0.493 e. The van der Waals surface area contributed by atoms with Gasteiger partial charge in [-0.2, -0.15) is 0 Å². The van der Waals surface area contributed by atoms with Crippen molar-refractivity contribution in [2.24, 2.45) is 0 Å². The SMILES string of the molecule is O=C(O)/C=C/c1cnc(CCOc2ccc(Cl)cc2)s1. The first-order chi connectivity index (χ1) is 9.63. The van der Waals surface area contributed by atoms with E-state index in [2.05, 4.69) is 4.98 Å². The van der Waals surface area contributed by atoms with E-state index in [1.54, 1.807) is 18.3 Å². The lowest BCUT2D eigenvalue weighted by atomic mass is 10.3. The first-order valence-electron chi connectivity index (χ1n) is 5.87. The Morgan fingerprint density at radius 3 is 2.85 bits per heavy atom. The van der Waals surface area contributed by atoms with Crippen molar-refractivity contribution in [3.05, 3.63) is 51.4 Å². The summed E-state index contributed by atoms with van der Waals surface area (Å²) in [5.74, 6) is -0.206. The Morgan fingerprint density at radius 2 is 2.15 bits per heavy atom. The number of carbonyl (C=O) groups is 1. The van der Waals surface area contributed by atoms with Crippen molar-refractivity contribution in [2.45, 2.75) is 6.42 Å². The minimum atomic E-state index is -0.967. The van der Waals surface area contributed by atoms with Gasteiger partial charge in [-0.05, 0) is 30.3 Å². The van der Waals surface area contributed by atoms with Gasteiger partial charge in [-0.15, -0.1) is 11.3 Å². The third-order valence-corrected chi connectivity index (χ3v) is 3.63. The standard InChI is InChI=1S/C14H12ClNO3S/c15-10-1-3-11(4-2-10)19-8-7-13-16-9-12(20-13)5-6-14(17)18/h1-6,9H,7-8H2,(H,17,18)/b6-5+. The van der Waals surface area contributed by atoms with Crippen LogP contribution in [0.4, 0.5) is 0 Å². The Bertz CT molecular complexity index is 607. The average molecular weight is 310 g/mol. The maximum Gasteiger partial charge on any atom is 0.328 e. The van der Waals surface area contributed by atoms with Crippen LogP contribution in [-0.2, 0) is 11.2 Å². The molecule has 4 nitrogen and oxygen atoms in total. The van der Waals surface area contributed by atoms with Gasteiger partial charge in [0.1, 0.15) is 5.75 Å². The summed E-state index contributed by atoms with van der Waals surface area (Å²) < 4.78 is 5.57. The summed E-state index contributed by atoms with van der Waals surface area (Å²) >= 11 is 7.23. The quantitative estimate of drug-likeness (QED) is 0.829. The third kappa shape index (κ3) is 4.68. The van der Waals surface area contributed by atoms with Gasteiger partial charge in [0.25, 0.3) is 0 Å². The minimum absolute atomic E-state index is 0.511. The number of benzene rings is 1. The number of hydrogen-bond donors (Lipinski definition) is 1. The number of thiazole rings is 1. The number of ether oxygens (including phenoxy) is 1. The van der Waals surface area contributed by atoms with Gasteiger partial charge >= 0.3 is 5.97 Å². The molecule has 0 fully saturated rings. The van der Waals surface area contributed by atoms with Gasteiger partial charge in [0.15, 0.2) is 0 Å². The van der Waals surface area contributed by atoms with Crippen LogP contribution in [0.3, 0.4) is 0 Å². The highest BCUT2D eigenvalue weighted by Gasteiger charge is 2.01. The highest BCUT2D eigenvalue weighted by molar-refractivity contribution is 7.12. The van der Waals surface area contributed by atoms with Crippen LogP contribution in [0.5, 0.6) is 5.75 Å². The molecule has 0 radical (unpaired) electrons. The van der Waals surface area contributed by atoms with Crippen LogP contribution in [0.25, 0.3) is 6.08 Å². The summed E-state index contributed by atoms with van der Waals surface area (Å²) in [7, 11) is 0. The van der Waals surface area contributed by atoms with Gasteiger partial charge in [-0.1, -0.05) is 11.6 Å². The fraction of sp³-hybridized carbons (Fsp3) is 0.143. The van der Waals surface area contributed by atoms with Gasteiger partial charge < -0.3 is 9.84 Å². The Balaban J connectivity index is 1.82. The third-order valence-electron chi connectivity index (χ3n) is 2.36. The largest absolute Gasteiger partial charge is 0.493 e. The average Bonchev–Trinajstić information content (AvgIpc) is 2.87. The van der Waals surface area contributed by atoms with Crippen molar-refractivity contribution in [3.63, 3.8) is 0 Å². The molecule has 1 heterocycles. The number of carboxylic acid groups (broad SMARTS) is 1. The van der Waals surface area contributed by atoms with Crippen molar-refractivity contribution < 1.29 is 14.6 Å². The lowest BCUT2D eigenvalue weighted by Gasteiger charge is -2.04. The second kappa shape index (κ2) is 7.07. The topological polar surface area (TPSA) is 59.4 Å². The number of carboxylic acids is 1. The molecule has 6 heteroatoms. The van der Waals surface area contributed by atoms with E-state index in [0.29, 0.717) is 18.1 Å². The molecule has 1 aromatic carbocycles. The second-order valence-electron chi connectivity index (χ2n) is 3.88. The molecular formula is C14H12ClNO3S. The molecule has 0 unspecified atom stereocenters. The highest BCUT2D eigenvalue weighted by Crippen LogP contribution is 2.17. The van der Waals surface area contributed by atoms with E-state index in [1.165, 1.54) is 17.4 Å². The van der Waals surface area contributed by atoms with Crippen molar-refractivity contribution in [2.75, 3.05) is 6.61 Å². The normalized spacial score (nSPS) is 10.8. The van der Waals surface area contributed by atoms with Crippen LogP contribution in [0.15, 0.2) is 36.5 Å². The van der Waals surface area contributed by atoms with Crippen molar-refractivity contribution >= 4 is 35.0 Å². The van der Waals surface area contributed by atoms with E-state index < -0.39 is 5.97 Å². The second-order valence-corrected chi connectivity index (χ2v) is 5.46. The molecule has 0 saturated heterocycles. The Morgan fingerprint density at radius 1 is 1.40 bits per heavy atom. The van der Waals surface area contributed by atoms with E-state index in [4.69, 9.17) is 21.4 Å².